The van der Waals surface area contributed by atoms with Gasteiger partial charge in [-0.2, -0.15) is 5.26 Å². The van der Waals surface area contributed by atoms with Gasteiger partial charge < -0.3 is 9.88 Å². The number of carbonyl (C=O) groups excluding carboxylic acids is 1. The van der Waals surface area contributed by atoms with Crippen LogP contribution in [0.5, 0.6) is 0 Å². The third-order valence-electron chi connectivity index (χ3n) is 4.88. The molecule has 0 spiro atoms. The Hall–Kier alpha value is -3.46. The Bertz CT molecular complexity index is 1130. The molecule has 0 aliphatic carbocycles. The van der Waals surface area contributed by atoms with Crippen molar-refractivity contribution in [3.63, 3.8) is 0 Å². The Labute approximate surface area is 154 Å². The lowest BCUT2D eigenvalue weighted by molar-refractivity contribution is 0.0966. The number of nitrogens with zero attached hydrogens (tertiary/aromatic N) is 2. The van der Waals surface area contributed by atoms with Gasteiger partial charge in [-0.25, -0.2) is 8.78 Å². The maximum Gasteiger partial charge on any atom is 0.251 e. The molecule has 6 heteroatoms. The number of hydrogen-bond acceptors (Lipinski definition) is 2. The summed E-state index contributed by atoms with van der Waals surface area (Å²) in [7, 11) is 0. The quantitative estimate of drug-likeness (QED) is 0.767. The van der Waals surface area contributed by atoms with Crippen LogP contribution in [-0.4, -0.2) is 10.5 Å². The molecule has 2 heterocycles. The lowest BCUT2D eigenvalue weighted by Crippen LogP contribution is -2.12. The molecule has 0 fully saturated rings. The van der Waals surface area contributed by atoms with Crippen molar-refractivity contribution in [2.45, 2.75) is 20.0 Å². The number of benzene rings is 2. The van der Waals surface area contributed by atoms with Crippen molar-refractivity contribution in [1.29, 1.82) is 5.26 Å². The largest absolute Gasteiger partial charge is 0.348 e. The first kappa shape index (κ1) is 17.0. The highest BCUT2D eigenvalue weighted by Crippen LogP contribution is 2.32. The molecule has 0 saturated heterocycles. The van der Waals surface area contributed by atoms with Gasteiger partial charge in [0.25, 0.3) is 5.91 Å². The standard InChI is InChI=1S/C21H15F2N3O/c1-12-2-4-16(9-24)26(12)11-14-6-13-10-25-21(27)19(13)8-18(14)17-5-3-15(22)7-20(17)23/h2-8H,10-11H2,1H3,(H,25,27). The summed E-state index contributed by atoms with van der Waals surface area (Å²) in [6.07, 6.45) is 0. The topological polar surface area (TPSA) is 57.8 Å². The van der Waals surface area contributed by atoms with Crippen molar-refractivity contribution >= 4 is 5.91 Å². The highest BCUT2D eigenvalue weighted by molar-refractivity contribution is 5.99. The SMILES string of the molecule is Cc1ccc(C#N)n1Cc1cc2c(cc1-c1ccc(F)cc1F)C(=O)NC2. The van der Waals surface area contributed by atoms with Crippen LogP contribution < -0.4 is 5.32 Å². The number of nitriles is 1. The predicted octanol–water partition coefficient (Wildman–Crippen LogP) is 3.91. The van der Waals surface area contributed by atoms with Crippen LogP contribution in [0.4, 0.5) is 8.78 Å². The average Bonchev–Trinajstić information content (AvgIpc) is 3.18. The number of fused-ring (bicyclic) bond motifs is 1. The summed E-state index contributed by atoms with van der Waals surface area (Å²) in [6, 6.07) is 12.6. The molecule has 2 aromatic carbocycles. The fraction of sp³-hybridized carbons (Fsp3) is 0.143. The molecule has 134 valence electrons. The van der Waals surface area contributed by atoms with Gasteiger partial charge in [0.2, 0.25) is 0 Å². The van der Waals surface area contributed by atoms with Crippen molar-refractivity contribution in [3.8, 4) is 17.2 Å². The number of amides is 1. The van der Waals surface area contributed by atoms with E-state index in [2.05, 4.69) is 11.4 Å². The molecular formula is C21H15F2N3O. The molecule has 0 radical (unpaired) electrons. The molecule has 3 aromatic rings. The van der Waals surface area contributed by atoms with Gasteiger partial charge in [-0.3, -0.25) is 4.79 Å². The average molecular weight is 363 g/mol. The van der Waals surface area contributed by atoms with Crippen LogP contribution in [0.1, 0.15) is 32.9 Å². The van der Waals surface area contributed by atoms with E-state index in [0.717, 1.165) is 22.9 Å². The van der Waals surface area contributed by atoms with Crippen molar-refractivity contribution in [3.05, 3.63) is 82.2 Å². The number of aromatic nitrogens is 1. The number of rotatable bonds is 3. The normalized spacial score (nSPS) is 12.6. The van der Waals surface area contributed by atoms with Gasteiger partial charge in [0.05, 0.1) is 0 Å². The van der Waals surface area contributed by atoms with Crippen molar-refractivity contribution in [2.24, 2.45) is 0 Å². The van der Waals surface area contributed by atoms with Gasteiger partial charge >= 0.3 is 0 Å². The van der Waals surface area contributed by atoms with E-state index >= 15 is 0 Å². The van der Waals surface area contributed by atoms with E-state index in [1.54, 1.807) is 12.1 Å². The first-order valence-corrected chi connectivity index (χ1v) is 8.43. The van der Waals surface area contributed by atoms with E-state index in [9.17, 15) is 18.8 Å². The number of halogens is 2. The Kier molecular flexibility index (Phi) is 4.00. The first-order chi connectivity index (χ1) is 13.0. The summed E-state index contributed by atoms with van der Waals surface area (Å²) in [5.74, 6) is -1.57. The van der Waals surface area contributed by atoms with Crippen molar-refractivity contribution < 1.29 is 13.6 Å². The van der Waals surface area contributed by atoms with Gasteiger partial charge in [-0.05, 0) is 53.9 Å². The summed E-state index contributed by atoms with van der Waals surface area (Å²) in [6.45, 7) is 2.63. The van der Waals surface area contributed by atoms with E-state index < -0.39 is 11.6 Å². The molecule has 1 aliphatic rings. The van der Waals surface area contributed by atoms with Crippen LogP contribution in [0.3, 0.4) is 0 Å². The predicted molar refractivity (Wildman–Crippen MR) is 96.0 cm³/mol. The number of carbonyl (C=O) groups is 1. The van der Waals surface area contributed by atoms with Gasteiger partial charge in [0.15, 0.2) is 0 Å². The molecule has 0 unspecified atom stereocenters. The second-order valence-electron chi connectivity index (χ2n) is 6.53. The smallest absolute Gasteiger partial charge is 0.251 e. The molecule has 0 bridgehead atoms. The second kappa shape index (κ2) is 6.36. The number of aryl methyl sites for hydroxylation is 1. The van der Waals surface area contributed by atoms with Crippen LogP contribution in [0, 0.1) is 29.9 Å². The first-order valence-electron chi connectivity index (χ1n) is 8.43. The zero-order valence-corrected chi connectivity index (χ0v) is 14.5. The summed E-state index contributed by atoms with van der Waals surface area (Å²) < 4.78 is 29.7. The minimum Gasteiger partial charge on any atom is -0.348 e. The van der Waals surface area contributed by atoms with Gasteiger partial charge in [0.1, 0.15) is 23.4 Å². The highest BCUT2D eigenvalue weighted by atomic mass is 19.1. The summed E-state index contributed by atoms with van der Waals surface area (Å²) >= 11 is 0. The fourth-order valence-electron chi connectivity index (χ4n) is 3.46. The molecule has 1 N–H and O–H groups in total. The third-order valence-corrected chi connectivity index (χ3v) is 4.88. The lowest BCUT2D eigenvalue weighted by atomic mass is 9.94. The number of nitrogens with one attached hydrogen (secondary N) is 1. The van der Waals surface area contributed by atoms with E-state index in [1.807, 2.05) is 23.6 Å². The van der Waals surface area contributed by atoms with Crippen LogP contribution in [-0.2, 0) is 13.1 Å². The highest BCUT2D eigenvalue weighted by Gasteiger charge is 2.23. The molecule has 4 rings (SSSR count). The van der Waals surface area contributed by atoms with Gasteiger partial charge in [0, 0.05) is 36.0 Å². The third kappa shape index (κ3) is 2.87. The van der Waals surface area contributed by atoms with E-state index in [4.69, 9.17) is 0 Å². The zero-order valence-electron chi connectivity index (χ0n) is 14.5. The van der Waals surface area contributed by atoms with Crippen molar-refractivity contribution in [2.75, 3.05) is 0 Å². The van der Waals surface area contributed by atoms with Crippen LogP contribution in [0.25, 0.3) is 11.1 Å². The summed E-state index contributed by atoms with van der Waals surface area (Å²) in [5, 5.41) is 12.1. The molecule has 1 aliphatic heterocycles. The Morgan fingerprint density at radius 2 is 1.93 bits per heavy atom. The fourth-order valence-corrected chi connectivity index (χ4v) is 3.46. The lowest BCUT2D eigenvalue weighted by Gasteiger charge is -2.15. The molecule has 0 atom stereocenters. The van der Waals surface area contributed by atoms with Crippen LogP contribution in [0.2, 0.25) is 0 Å². The number of hydrogen-bond donors (Lipinski definition) is 1. The molecule has 1 aromatic heterocycles. The maximum absolute atomic E-state index is 14.5. The Morgan fingerprint density at radius 1 is 1.11 bits per heavy atom. The molecule has 4 nitrogen and oxygen atoms in total. The van der Waals surface area contributed by atoms with Gasteiger partial charge in [-0.15, -0.1) is 0 Å². The Balaban J connectivity index is 1.91. The molecular weight excluding hydrogens is 348 g/mol. The minimum absolute atomic E-state index is 0.213. The summed E-state index contributed by atoms with van der Waals surface area (Å²) in [5.41, 5.74) is 4.19. The second-order valence-corrected chi connectivity index (χ2v) is 6.53. The van der Waals surface area contributed by atoms with Crippen LogP contribution >= 0.6 is 0 Å². The Morgan fingerprint density at radius 3 is 2.67 bits per heavy atom. The van der Waals surface area contributed by atoms with E-state index in [-0.39, 0.29) is 11.5 Å². The minimum atomic E-state index is -0.695. The van der Waals surface area contributed by atoms with Crippen molar-refractivity contribution in [1.82, 2.24) is 9.88 Å². The van der Waals surface area contributed by atoms with Gasteiger partial charge in [-0.1, -0.05) is 6.07 Å². The molecule has 27 heavy (non-hydrogen) atoms. The van der Waals surface area contributed by atoms with Crippen LogP contribution in [0.15, 0.2) is 42.5 Å². The zero-order chi connectivity index (χ0) is 19.1. The maximum atomic E-state index is 14.5. The van der Waals surface area contributed by atoms with E-state index in [1.165, 1.54) is 12.1 Å². The molecule has 1 amide bonds. The van der Waals surface area contributed by atoms with E-state index in [0.29, 0.717) is 29.9 Å². The monoisotopic (exact) mass is 363 g/mol. The molecule has 0 saturated carbocycles. The summed E-state index contributed by atoms with van der Waals surface area (Å²) in [4.78, 5) is 12.1.